The molecule has 0 saturated carbocycles. The maximum Gasteiger partial charge on any atom is 0.290 e. The maximum atomic E-state index is 9.58. The zero-order chi connectivity index (χ0) is 20.1. The third-order valence-corrected chi connectivity index (χ3v) is 4.62. The lowest BCUT2D eigenvalue weighted by Gasteiger charge is -2.20. The van der Waals surface area contributed by atoms with E-state index in [4.69, 9.17) is 9.90 Å². The first-order valence-corrected chi connectivity index (χ1v) is 8.93. The molecule has 0 radical (unpaired) electrons. The summed E-state index contributed by atoms with van der Waals surface area (Å²) in [7, 11) is 0. The molecular formula is C20H23N5O3. The number of rotatable bonds is 5. The van der Waals surface area contributed by atoms with Crippen LogP contribution in [0, 0.1) is 5.92 Å². The summed E-state index contributed by atoms with van der Waals surface area (Å²) >= 11 is 0. The smallest absolute Gasteiger partial charge is 0.290 e. The maximum absolute atomic E-state index is 9.58. The van der Waals surface area contributed by atoms with Crippen LogP contribution in [0.1, 0.15) is 13.8 Å². The first kappa shape index (κ1) is 19.4. The number of aromatic nitrogens is 4. The Morgan fingerprint density at radius 1 is 1.21 bits per heavy atom. The van der Waals surface area contributed by atoms with Gasteiger partial charge in [0.15, 0.2) is 0 Å². The highest BCUT2D eigenvalue weighted by molar-refractivity contribution is 5.93. The Morgan fingerprint density at radius 3 is 2.71 bits per heavy atom. The predicted molar refractivity (Wildman–Crippen MR) is 109 cm³/mol. The van der Waals surface area contributed by atoms with Crippen LogP contribution in [-0.2, 0) is 4.79 Å². The molecule has 4 rings (SSSR count). The van der Waals surface area contributed by atoms with E-state index in [0.29, 0.717) is 5.92 Å². The van der Waals surface area contributed by atoms with Gasteiger partial charge in [0.2, 0.25) is 0 Å². The second-order valence-electron chi connectivity index (χ2n) is 6.73. The Kier molecular flexibility index (Phi) is 5.90. The first-order chi connectivity index (χ1) is 13.6. The summed E-state index contributed by atoms with van der Waals surface area (Å²) in [5.41, 5.74) is 3.95. The summed E-state index contributed by atoms with van der Waals surface area (Å²) in [5.74, 6) is 1.03. The normalized spacial score (nSPS) is 12.0. The SMILES string of the molecule is CC(C)[C@H](CO)Nc1ncnc2[nH]c(-c3ccc4cc[nH]c4c3)cc12.O=CO. The fraction of sp³-hybridized carbons (Fsp3) is 0.250. The summed E-state index contributed by atoms with van der Waals surface area (Å²) in [6.45, 7) is 3.95. The summed E-state index contributed by atoms with van der Waals surface area (Å²) in [5, 5.41) is 21.9. The van der Waals surface area contributed by atoms with Gasteiger partial charge in [-0.1, -0.05) is 26.0 Å². The summed E-state index contributed by atoms with van der Waals surface area (Å²) in [6, 6.07) is 10.4. The van der Waals surface area contributed by atoms with Crippen LogP contribution in [0.25, 0.3) is 33.2 Å². The first-order valence-electron chi connectivity index (χ1n) is 8.93. The van der Waals surface area contributed by atoms with Crippen molar-refractivity contribution in [1.82, 2.24) is 19.9 Å². The minimum atomic E-state index is -0.250. The van der Waals surface area contributed by atoms with Crippen molar-refractivity contribution in [3.63, 3.8) is 0 Å². The highest BCUT2D eigenvalue weighted by Crippen LogP contribution is 2.29. The van der Waals surface area contributed by atoms with Crippen LogP contribution in [0.4, 0.5) is 5.82 Å². The molecule has 8 nitrogen and oxygen atoms in total. The molecule has 0 aliphatic rings. The number of nitrogens with one attached hydrogen (secondary N) is 3. The van der Waals surface area contributed by atoms with Gasteiger partial charge < -0.3 is 25.5 Å². The van der Waals surface area contributed by atoms with E-state index in [1.807, 2.05) is 6.20 Å². The lowest BCUT2D eigenvalue weighted by molar-refractivity contribution is -0.122. The number of aliphatic hydroxyl groups excluding tert-OH is 1. The molecule has 3 aromatic heterocycles. The minimum Gasteiger partial charge on any atom is -0.483 e. The van der Waals surface area contributed by atoms with Crippen molar-refractivity contribution < 1.29 is 15.0 Å². The number of fused-ring (bicyclic) bond motifs is 2. The number of hydrogen-bond donors (Lipinski definition) is 5. The van der Waals surface area contributed by atoms with Gasteiger partial charge in [0.05, 0.1) is 18.0 Å². The van der Waals surface area contributed by atoms with Gasteiger partial charge in [0.25, 0.3) is 6.47 Å². The van der Waals surface area contributed by atoms with Gasteiger partial charge in [-0.3, -0.25) is 4.79 Å². The quantitative estimate of drug-likeness (QED) is 0.338. The number of hydrogen-bond acceptors (Lipinski definition) is 5. The molecule has 8 heteroatoms. The molecule has 0 amide bonds. The standard InChI is InChI=1S/C19H21N5O.CH2O2/c1-11(2)17(9-25)24-19-14-8-16(23-18(14)21-10-22-19)13-4-3-12-5-6-20-15(12)7-13;2-1-3/h3-8,10-11,17,20,25H,9H2,1-2H3,(H2,21,22,23,24);1H,(H,2,3)/t17-;/m0./s1. The zero-order valence-electron chi connectivity index (χ0n) is 15.7. The third kappa shape index (κ3) is 3.96. The van der Waals surface area contributed by atoms with Crippen LogP contribution in [-0.4, -0.2) is 49.3 Å². The highest BCUT2D eigenvalue weighted by Gasteiger charge is 2.16. The van der Waals surface area contributed by atoms with Crippen LogP contribution in [0.2, 0.25) is 0 Å². The highest BCUT2D eigenvalue weighted by atomic mass is 16.3. The van der Waals surface area contributed by atoms with E-state index < -0.39 is 0 Å². The number of anilines is 1. The van der Waals surface area contributed by atoms with Gasteiger partial charge in [0, 0.05) is 23.0 Å². The summed E-state index contributed by atoms with van der Waals surface area (Å²) in [6.07, 6.45) is 3.47. The monoisotopic (exact) mass is 381 g/mol. The molecule has 28 heavy (non-hydrogen) atoms. The summed E-state index contributed by atoms with van der Waals surface area (Å²) < 4.78 is 0. The zero-order valence-corrected chi connectivity index (χ0v) is 15.7. The van der Waals surface area contributed by atoms with Crippen molar-refractivity contribution in [1.29, 1.82) is 0 Å². The van der Waals surface area contributed by atoms with Gasteiger partial charge in [-0.05, 0) is 29.5 Å². The van der Waals surface area contributed by atoms with Gasteiger partial charge in [0.1, 0.15) is 17.8 Å². The fourth-order valence-electron chi connectivity index (χ4n) is 3.02. The van der Waals surface area contributed by atoms with Crippen LogP contribution >= 0.6 is 0 Å². The van der Waals surface area contributed by atoms with Crippen molar-refractivity contribution in [2.24, 2.45) is 5.92 Å². The van der Waals surface area contributed by atoms with Crippen LogP contribution in [0.3, 0.4) is 0 Å². The van der Waals surface area contributed by atoms with Crippen molar-refractivity contribution in [2.45, 2.75) is 19.9 Å². The molecule has 1 atom stereocenters. The molecule has 0 aliphatic carbocycles. The van der Waals surface area contributed by atoms with E-state index in [-0.39, 0.29) is 19.1 Å². The molecule has 1 aromatic carbocycles. The number of benzene rings is 1. The number of carbonyl (C=O) groups is 1. The molecule has 0 spiro atoms. The van der Waals surface area contributed by atoms with Crippen LogP contribution in [0.15, 0.2) is 42.9 Å². The van der Waals surface area contributed by atoms with E-state index in [1.54, 1.807) is 0 Å². The molecule has 146 valence electrons. The van der Waals surface area contributed by atoms with Crippen LogP contribution in [0.5, 0.6) is 0 Å². The molecule has 0 saturated heterocycles. The Bertz CT molecular complexity index is 1070. The molecule has 0 unspecified atom stereocenters. The number of H-pyrrole nitrogens is 2. The molecule has 0 aliphatic heterocycles. The molecule has 5 N–H and O–H groups in total. The number of aliphatic hydroxyl groups is 1. The van der Waals surface area contributed by atoms with Gasteiger partial charge in [-0.25, -0.2) is 9.97 Å². The van der Waals surface area contributed by atoms with Crippen molar-refractivity contribution >= 4 is 34.2 Å². The molecule has 0 fully saturated rings. The second kappa shape index (κ2) is 8.53. The Balaban J connectivity index is 0.000000706. The lowest BCUT2D eigenvalue weighted by atomic mass is 10.1. The number of nitrogens with zero attached hydrogens (tertiary/aromatic N) is 2. The van der Waals surface area contributed by atoms with E-state index in [1.165, 1.54) is 11.7 Å². The minimum absolute atomic E-state index is 0.0493. The summed E-state index contributed by atoms with van der Waals surface area (Å²) in [4.78, 5) is 23.7. The molecular weight excluding hydrogens is 358 g/mol. The molecule has 3 heterocycles. The van der Waals surface area contributed by atoms with Gasteiger partial charge in [-0.2, -0.15) is 0 Å². The topological polar surface area (TPSA) is 127 Å². The van der Waals surface area contributed by atoms with E-state index in [0.717, 1.165) is 33.6 Å². The van der Waals surface area contributed by atoms with Gasteiger partial charge in [-0.15, -0.1) is 0 Å². The average Bonchev–Trinajstić information content (AvgIpc) is 3.32. The van der Waals surface area contributed by atoms with E-state index >= 15 is 0 Å². The molecule has 4 aromatic rings. The van der Waals surface area contributed by atoms with E-state index in [9.17, 15) is 5.11 Å². The van der Waals surface area contributed by atoms with Crippen molar-refractivity contribution in [3.05, 3.63) is 42.9 Å². The van der Waals surface area contributed by atoms with Crippen LogP contribution < -0.4 is 5.32 Å². The van der Waals surface area contributed by atoms with Crippen molar-refractivity contribution in [3.8, 4) is 11.3 Å². The molecule has 0 bridgehead atoms. The largest absolute Gasteiger partial charge is 0.483 e. The van der Waals surface area contributed by atoms with Gasteiger partial charge >= 0.3 is 0 Å². The number of aromatic amines is 2. The fourth-order valence-corrected chi connectivity index (χ4v) is 3.02. The average molecular weight is 381 g/mol. The van der Waals surface area contributed by atoms with Crippen molar-refractivity contribution in [2.75, 3.05) is 11.9 Å². The Labute approximate surface area is 161 Å². The second-order valence-corrected chi connectivity index (χ2v) is 6.73. The predicted octanol–water partition coefficient (Wildman–Crippen LogP) is 3.24. The number of carboxylic acid groups (broad SMARTS) is 1. The van der Waals surface area contributed by atoms with E-state index in [2.05, 4.69) is 69.4 Å². The lowest BCUT2D eigenvalue weighted by Crippen LogP contribution is -2.29. The Morgan fingerprint density at radius 2 is 2.00 bits per heavy atom. The Hall–Kier alpha value is -3.39. The third-order valence-electron chi connectivity index (χ3n) is 4.62.